The number of nitrogens with zero attached hydrogens (tertiary/aromatic N) is 4. The second kappa shape index (κ2) is 15.9. The average Bonchev–Trinajstić information content (AvgIpc) is 3.99. The van der Waals surface area contributed by atoms with E-state index in [9.17, 15) is 14.4 Å². The van der Waals surface area contributed by atoms with Gasteiger partial charge in [-0.3, -0.25) is 9.59 Å². The van der Waals surface area contributed by atoms with Crippen molar-refractivity contribution in [2.24, 2.45) is 5.92 Å². The summed E-state index contributed by atoms with van der Waals surface area (Å²) in [7, 11) is 1.30. The first kappa shape index (κ1) is 35.8. The maximum absolute atomic E-state index is 13.5. The lowest BCUT2D eigenvalue weighted by Crippen LogP contribution is -2.51. The number of H-pyrrole nitrogens is 2. The van der Waals surface area contributed by atoms with E-state index in [1.54, 1.807) is 0 Å². The fraction of sp³-hybridized carbons (Fsp3) is 0.462. The van der Waals surface area contributed by atoms with Gasteiger partial charge in [-0.15, -0.1) is 0 Å². The number of aromatic amines is 2. The standard InChI is InChI=1S/C39H50N8O4/c1-6-25(4)40-23-34(48)46-19-7-9-32(46)36-41-21-30(43-36)28-15-11-26(12-16-28)27-13-17-29(18-14-27)31-22-42-37(44-31)33-10-8-20-47(33)38(49)35(24(2)3)45-39(50)51-5/h11-18,21-22,24-25,32-33,35,40H,6-10,19-20,23H2,1-5H3,(H,41,43)(H,42,44)(H,45,50)/t25?,32-,33-,35-/m0/s1. The Bertz CT molecular complexity index is 1800. The van der Waals surface area contributed by atoms with Gasteiger partial charge in [-0.1, -0.05) is 69.3 Å². The van der Waals surface area contributed by atoms with Gasteiger partial charge in [0.25, 0.3) is 0 Å². The minimum Gasteiger partial charge on any atom is -0.453 e. The van der Waals surface area contributed by atoms with Crippen molar-refractivity contribution in [2.75, 3.05) is 26.7 Å². The highest BCUT2D eigenvalue weighted by Crippen LogP contribution is 2.34. The monoisotopic (exact) mass is 694 g/mol. The lowest BCUT2D eigenvalue weighted by Gasteiger charge is -2.30. The minimum absolute atomic E-state index is 0.0270. The Morgan fingerprint density at radius 1 is 0.804 bits per heavy atom. The molecule has 0 aliphatic carbocycles. The van der Waals surface area contributed by atoms with Crippen LogP contribution in [0.4, 0.5) is 4.79 Å². The van der Waals surface area contributed by atoms with Crippen molar-refractivity contribution in [3.63, 3.8) is 0 Å². The molecule has 4 atom stereocenters. The first-order chi connectivity index (χ1) is 24.7. The number of aromatic nitrogens is 4. The third-order valence-corrected chi connectivity index (χ3v) is 10.3. The van der Waals surface area contributed by atoms with E-state index in [1.165, 1.54) is 7.11 Å². The Morgan fingerprint density at radius 2 is 1.29 bits per heavy atom. The van der Waals surface area contributed by atoms with E-state index >= 15 is 0 Å². The molecule has 51 heavy (non-hydrogen) atoms. The molecule has 2 aliphatic heterocycles. The Kier molecular flexibility index (Phi) is 11.2. The highest BCUT2D eigenvalue weighted by Gasteiger charge is 2.37. The van der Waals surface area contributed by atoms with Crippen LogP contribution in [0.3, 0.4) is 0 Å². The van der Waals surface area contributed by atoms with Crippen LogP contribution < -0.4 is 10.6 Å². The lowest BCUT2D eigenvalue weighted by atomic mass is 10.0. The zero-order chi connectivity index (χ0) is 36.1. The maximum atomic E-state index is 13.5. The summed E-state index contributed by atoms with van der Waals surface area (Å²) in [6.45, 7) is 9.74. The molecule has 12 nitrogen and oxygen atoms in total. The molecule has 270 valence electrons. The van der Waals surface area contributed by atoms with Crippen LogP contribution in [0.15, 0.2) is 60.9 Å². The van der Waals surface area contributed by atoms with Crippen LogP contribution in [0, 0.1) is 5.92 Å². The maximum Gasteiger partial charge on any atom is 0.407 e. The number of methoxy groups -OCH3 is 1. The van der Waals surface area contributed by atoms with Gasteiger partial charge in [0.15, 0.2) is 0 Å². The van der Waals surface area contributed by atoms with Crippen LogP contribution in [0.2, 0.25) is 0 Å². The number of hydrogen-bond donors (Lipinski definition) is 4. The SMILES string of the molecule is CCC(C)NCC(=O)N1CCC[C@H]1c1ncc(-c2ccc(-c3ccc(-c4cnc([C@@H]5CCCN5C(=O)[C@@H](NC(=O)OC)C(C)C)[nH]4)cc3)cc2)[nH]1. The van der Waals surface area contributed by atoms with Gasteiger partial charge in [0.1, 0.15) is 17.7 Å². The first-order valence-corrected chi connectivity index (χ1v) is 18.2. The molecular weight excluding hydrogens is 644 g/mol. The van der Waals surface area contributed by atoms with Crippen LogP contribution in [-0.2, 0) is 14.3 Å². The normalized spacial score (nSPS) is 18.6. The van der Waals surface area contributed by atoms with E-state index < -0.39 is 12.1 Å². The molecule has 12 heteroatoms. The zero-order valence-corrected chi connectivity index (χ0v) is 30.2. The molecule has 2 aliphatic rings. The molecule has 4 aromatic rings. The van der Waals surface area contributed by atoms with Gasteiger partial charge in [0.2, 0.25) is 11.8 Å². The zero-order valence-electron chi connectivity index (χ0n) is 30.2. The van der Waals surface area contributed by atoms with E-state index in [-0.39, 0.29) is 29.8 Å². The molecule has 0 bridgehead atoms. The first-order valence-electron chi connectivity index (χ1n) is 18.2. The second-order valence-electron chi connectivity index (χ2n) is 14.0. The van der Waals surface area contributed by atoms with Crippen LogP contribution in [0.25, 0.3) is 33.6 Å². The number of alkyl carbamates (subject to hydrolysis) is 1. The predicted molar refractivity (Wildman–Crippen MR) is 196 cm³/mol. The third kappa shape index (κ3) is 8.01. The number of benzene rings is 2. The Labute approximate surface area is 299 Å². The molecule has 2 aromatic carbocycles. The summed E-state index contributed by atoms with van der Waals surface area (Å²) < 4.78 is 4.75. The predicted octanol–water partition coefficient (Wildman–Crippen LogP) is 6.23. The summed E-state index contributed by atoms with van der Waals surface area (Å²) >= 11 is 0. The van der Waals surface area contributed by atoms with Crippen molar-refractivity contribution in [1.82, 2.24) is 40.4 Å². The Balaban J connectivity index is 1.09. The average molecular weight is 695 g/mol. The molecule has 4 N–H and O–H groups in total. The number of hydrogen-bond acceptors (Lipinski definition) is 7. The number of imidazole rings is 2. The fourth-order valence-electron chi connectivity index (χ4n) is 7.04. The quantitative estimate of drug-likeness (QED) is 0.137. The minimum atomic E-state index is -0.673. The molecule has 0 radical (unpaired) electrons. The van der Waals surface area contributed by atoms with Gasteiger partial charge >= 0.3 is 6.09 Å². The van der Waals surface area contributed by atoms with Crippen molar-refractivity contribution in [3.8, 4) is 33.6 Å². The van der Waals surface area contributed by atoms with Gasteiger partial charge in [0, 0.05) is 19.1 Å². The molecule has 4 heterocycles. The molecule has 1 unspecified atom stereocenters. The number of ether oxygens (including phenoxy) is 1. The van der Waals surface area contributed by atoms with Gasteiger partial charge in [-0.2, -0.15) is 0 Å². The van der Waals surface area contributed by atoms with E-state index in [1.807, 2.05) is 36.0 Å². The van der Waals surface area contributed by atoms with Crippen molar-refractivity contribution in [2.45, 2.75) is 84.0 Å². The fourth-order valence-corrected chi connectivity index (χ4v) is 7.04. The van der Waals surface area contributed by atoms with Gasteiger partial charge in [-0.05, 0) is 67.2 Å². The number of rotatable bonds is 12. The number of nitrogens with one attached hydrogen (secondary N) is 4. The highest BCUT2D eigenvalue weighted by atomic mass is 16.5. The number of carbonyl (C=O) groups excluding carboxylic acids is 3. The molecule has 2 fully saturated rings. The molecule has 2 saturated heterocycles. The van der Waals surface area contributed by atoms with E-state index in [0.29, 0.717) is 19.1 Å². The summed E-state index contributed by atoms with van der Waals surface area (Å²) in [6, 6.07) is 16.2. The molecule has 0 spiro atoms. The van der Waals surface area contributed by atoms with Crippen LogP contribution in [0.1, 0.15) is 83.5 Å². The molecule has 0 saturated carbocycles. The summed E-state index contributed by atoms with van der Waals surface area (Å²) in [5, 5.41) is 6.02. The molecule has 2 aromatic heterocycles. The molecule has 6 rings (SSSR count). The van der Waals surface area contributed by atoms with E-state index in [0.717, 1.165) is 83.9 Å². The van der Waals surface area contributed by atoms with Crippen LogP contribution in [-0.4, -0.2) is 86.5 Å². The van der Waals surface area contributed by atoms with Crippen molar-refractivity contribution >= 4 is 17.9 Å². The summed E-state index contributed by atoms with van der Waals surface area (Å²) in [4.78, 5) is 58.4. The Morgan fingerprint density at radius 3 is 1.78 bits per heavy atom. The van der Waals surface area contributed by atoms with Crippen LogP contribution >= 0.6 is 0 Å². The summed E-state index contributed by atoms with van der Waals surface area (Å²) in [5.41, 5.74) is 6.03. The third-order valence-electron chi connectivity index (χ3n) is 10.3. The summed E-state index contributed by atoms with van der Waals surface area (Å²) in [5.74, 6) is 1.48. The van der Waals surface area contributed by atoms with E-state index in [2.05, 4.69) is 92.9 Å². The number of amides is 3. The Hall–Kier alpha value is -4.97. The number of likely N-dealkylation sites (tertiary alicyclic amines) is 2. The highest BCUT2D eigenvalue weighted by molar-refractivity contribution is 5.86. The van der Waals surface area contributed by atoms with Crippen molar-refractivity contribution in [3.05, 3.63) is 72.6 Å². The summed E-state index contributed by atoms with van der Waals surface area (Å²) in [6.07, 6.45) is 7.59. The van der Waals surface area contributed by atoms with Gasteiger partial charge < -0.3 is 35.1 Å². The van der Waals surface area contributed by atoms with Gasteiger partial charge in [0.05, 0.1) is 49.5 Å². The topological polar surface area (TPSA) is 148 Å². The van der Waals surface area contributed by atoms with Crippen LogP contribution in [0.5, 0.6) is 0 Å². The van der Waals surface area contributed by atoms with Crippen molar-refractivity contribution < 1.29 is 19.1 Å². The molecule has 3 amide bonds. The lowest BCUT2D eigenvalue weighted by molar-refractivity contribution is -0.135. The number of carbonyl (C=O) groups is 3. The second-order valence-corrected chi connectivity index (χ2v) is 14.0. The smallest absolute Gasteiger partial charge is 0.407 e. The van der Waals surface area contributed by atoms with Gasteiger partial charge in [-0.25, -0.2) is 14.8 Å². The molecular formula is C39H50N8O4. The largest absolute Gasteiger partial charge is 0.453 e. The van der Waals surface area contributed by atoms with Crippen molar-refractivity contribution in [1.29, 1.82) is 0 Å². The van der Waals surface area contributed by atoms with E-state index in [4.69, 9.17) is 4.74 Å².